The van der Waals surface area contributed by atoms with Crippen molar-refractivity contribution in [1.82, 2.24) is 24.5 Å². The zero-order valence-electron chi connectivity index (χ0n) is 11.5. The maximum Gasteiger partial charge on any atom is 0.257 e. The number of fused-ring (bicyclic) bond motifs is 3. The largest absolute Gasteiger partial charge is 0.294 e. The lowest BCUT2D eigenvalue weighted by atomic mass is 10.1. The smallest absolute Gasteiger partial charge is 0.257 e. The molecule has 106 valence electrons. The summed E-state index contributed by atoms with van der Waals surface area (Å²) < 4.78 is 1.75. The van der Waals surface area contributed by atoms with Gasteiger partial charge in [0, 0.05) is 26.1 Å². The third-order valence-electron chi connectivity index (χ3n) is 3.95. The third-order valence-corrected chi connectivity index (χ3v) is 3.95. The van der Waals surface area contributed by atoms with Gasteiger partial charge in [0.15, 0.2) is 0 Å². The van der Waals surface area contributed by atoms with E-state index in [9.17, 15) is 4.79 Å². The highest BCUT2D eigenvalue weighted by atomic mass is 16.1. The van der Waals surface area contributed by atoms with E-state index >= 15 is 0 Å². The van der Waals surface area contributed by atoms with Crippen LogP contribution in [0.4, 0.5) is 0 Å². The first-order valence-electron chi connectivity index (χ1n) is 7.01. The molecule has 0 amide bonds. The van der Waals surface area contributed by atoms with E-state index in [0.717, 1.165) is 30.8 Å². The summed E-state index contributed by atoms with van der Waals surface area (Å²) in [7, 11) is 0. The van der Waals surface area contributed by atoms with Gasteiger partial charge >= 0.3 is 0 Å². The van der Waals surface area contributed by atoms with Crippen LogP contribution in [0.25, 0.3) is 5.78 Å². The van der Waals surface area contributed by atoms with Crippen LogP contribution in [0.2, 0.25) is 0 Å². The van der Waals surface area contributed by atoms with Gasteiger partial charge in [0.1, 0.15) is 6.33 Å². The van der Waals surface area contributed by atoms with Crippen molar-refractivity contribution in [3.63, 3.8) is 0 Å². The predicted molar refractivity (Wildman–Crippen MR) is 77.9 cm³/mol. The Morgan fingerprint density at radius 2 is 2.10 bits per heavy atom. The van der Waals surface area contributed by atoms with Gasteiger partial charge in [-0.15, -0.1) is 0 Å². The normalized spacial score (nSPS) is 15.2. The van der Waals surface area contributed by atoms with Gasteiger partial charge in [-0.2, -0.15) is 10.1 Å². The Hall–Kier alpha value is -2.47. The van der Waals surface area contributed by atoms with Gasteiger partial charge in [-0.25, -0.2) is 4.52 Å². The molecule has 0 spiro atoms. The van der Waals surface area contributed by atoms with Crippen LogP contribution in [0.1, 0.15) is 16.8 Å². The Balaban J connectivity index is 1.67. The van der Waals surface area contributed by atoms with Crippen molar-refractivity contribution in [1.29, 1.82) is 0 Å². The molecule has 4 rings (SSSR count). The predicted octanol–water partition coefficient (Wildman–Crippen LogP) is 0.976. The zero-order valence-corrected chi connectivity index (χ0v) is 11.5. The molecule has 2 aromatic heterocycles. The number of hydrogen-bond acceptors (Lipinski definition) is 4. The molecule has 6 heteroatoms. The molecule has 0 bridgehead atoms. The Kier molecular flexibility index (Phi) is 2.82. The molecule has 0 unspecified atom stereocenters. The fourth-order valence-electron chi connectivity index (χ4n) is 2.92. The number of H-pyrrole nitrogens is 1. The maximum atomic E-state index is 12.2. The van der Waals surface area contributed by atoms with Gasteiger partial charge in [0.2, 0.25) is 5.78 Å². The SMILES string of the molecule is O=c1[nH]c2ncnn2c2c1CN(Cc1ccccc1)CC2. The van der Waals surface area contributed by atoms with Crippen LogP contribution in [-0.2, 0) is 19.5 Å². The van der Waals surface area contributed by atoms with Gasteiger partial charge in [-0.1, -0.05) is 30.3 Å². The van der Waals surface area contributed by atoms with Crippen molar-refractivity contribution < 1.29 is 0 Å². The van der Waals surface area contributed by atoms with Crippen LogP contribution in [0, 0.1) is 0 Å². The van der Waals surface area contributed by atoms with E-state index in [2.05, 4.69) is 32.1 Å². The van der Waals surface area contributed by atoms with Crippen LogP contribution >= 0.6 is 0 Å². The van der Waals surface area contributed by atoms with Crippen LogP contribution < -0.4 is 5.56 Å². The molecule has 6 nitrogen and oxygen atoms in total. The molecule has 0 atom stereocenters. The Labute approximate surface area is 121 Å². The summed E-state index contributed by atoms with van der Waals surface area (Å²) in [6.45, 7) is 2.42. The van der Waals surface area contributed by atoms with Gasteiger partial charge in [-0.05, 0) is 5.56 Å². The second kappa shape index (κ2) is 4.82. The zero-order chi connectivity index (χ0) is 14.2. The van der Waals surface area contributed by atoms with Gasteiger partial charge in [-0.3, -0.25) is 14.7 Å². The number of nitrogens with zero attached hydrogens (tertiary/aromatic N) is 4. The van der Waals surface area contributed by atoms with Crippen molar-refractivity contribution in [2.75, 3.05) is 6.54 Å². The maximum absolute atomic E-state index is 12.2. The number of benzene rings is 1. The quantitative estimate of drug-likeness (QED) is 0.760. The standard InChI is InChI=1S/C15H15N5O/c21-14-12-9-19(8-11-4-2-1-3-5-11)7-6-13(12)20-15(18-14)16-10-17-20/h1-5,10H,6-9H2,(H,16,17,18,21). The van der Waals surface area contributed by atoms with Crippen molar-refractivity contribution in [3.8, 4) is 0 Å². The Bertz CT molecular complexity index is 836. The number of hydrogen-bond donors (Lipinski definition) is 1. The Morgan fingerprint density at radius 1 is 1.24 bits per heavy atom. The number of nitrogens with one attached hydrogen (secondary N) is 1. The first-order chi connectivity index (χ1) is 10.3. The molecule has 21 heavy (non-hydrogen) atoms. The van der Waals surface area contributed by atoms with Crippen LogP contribution in [0.3, 0.4) is 0 Å². The van der Waals surface area contributed by atoms with Crippen LogP contribution in [0.15, 0.2) is 41.5 Å². The van der Waals surface area contributed by atoms with Crippen LogP contribution in [-0.4, -0.2) is 31.0 Å². The van der Waals surface area contributed by atoms with E-state index in [-0.39, 0.29) is 5.56 Å². The van der Waals surface area contributed by atoms with E-state index in [4.69, 9.17) is 0 Å². The summed E-state index contributed by atoms with van der Waals surface area (Å²) in [5.74, 6) is 0.523. The topological polar surface area (TPSA) is 66.3 Å². The van der Waals surface area contributed by atoms with Crippen molar-refractivity contribution >= 4 is 5.78 Å². The lowest BCUT2D eigenvalue weighted by molar-refractivity contribution is 0.240. The molecule has 0 saturated carbocycles. The molecule has 0 aliphatic carbocycles. The molecule has 3 heterocycles. The second-order valence-electron chi connectivity index (χ2n) is 5.32. The molecule has 0 saturated heterocycles. The fourth-order valence-corrected chi connectivity index (χ4v) is 2.92. The first kappa shape index (κ1) is 12.3. The molecule has 1 N–H and O–H groups in total. The average Bonchev–Trinajstić information content (AvgIpc) is 2.97. The summed E-state index contributed by atoms with van der Waals surface area (Å²) in [5, 5.41) is 4.20. The minimum Gasteiger partial charge on any atom is -0.294 e. The number of rotatable bonds is 2. The van der Waals surface area contributed by atoms with Gasteiger partial charge in [0.25, 0.3) is 5.56 Å². The highest BCUT2D eigenvalue weighted by Gasteiger charge is 2.22. The van der Waals surface area contributed by atoms with Crippen molar-refractivity contribution in [2.24, 2.45) is 0 Å². The Morgan fingerprint density at radius 3 is 2.95 bits per heavy atom. The van der Waals surface area contributed by atoms with Crippen LogP contribution in [0.5, 0.6) is 0 Å². The van der Waals surface area contributed by atoms with Gasteiger partial charge in [0.05, 0.1) is 11.3 Å². The molecule has 1 aliphatic rings. The van der Waals surface area contributed by atoms with E-state index in [0.29, 0.717) is 12.3 Å². The number of aromatic amines is 1. The third kappa shape index (κ3) is 2.13. The highest BCUT2D eigenvalue weighted by molar-refractivity contribution is 5.33. The monoisotopic (exact) mass is 281 g/mol. The van der Waals surface area contributed by atoms with Gasteiger partial charge < -0.3 is 0 Å². The molecule has 0 fully saturated rings. The van der Waals surface area contributed by atoms with Crippen molar-refractivity contribution in [3.05, 3.63) is 63.8 Å². The molecular weight excluding hydrogens is 266 g/mol. The summed E-state index contributed by atoms with van der Waals surface area (Å²) in [6.07, 6.45) is 2.29. The summed E-state index contributed by atoms with van der Waals surface area (Å²) in [5.41, 5.74) is 2.99. The highest BCUT2D eigenvalue weighted by Crippen LogP contribution is 2.17. The lowest BCUT2D eigenvalue weighted by Gasteiger charge is -2.28. The summed E-state index contributed by atoms with van der Waals surface area (Å²) in [4.78, 5) is 21.3. The average molecular weight is 281 g/mol. The molecule has 1 aromatic carbocycles. The second-order valence-corrected chi connectivity index (χ2v) is 5.32. The van der Waals surface area contributed by atoms with E-state index < -0.39 is 0 Å². The minimum atomic E-state index is -0.0525. The van der Waals surface area contributed by atoms with Crippen molar-refractivity contribution in [2.45, 2.75) is 19.5 Å². The summed E-state index contributed by atoms with van der Waals surface area (Å²) in [6, 6.07) is 10.3. The van der Waals surface area contributed by atoms with E-state index in [1.54, 1.807) is 4.52 Å². The summed E-state index contributed by atoms with van der Waals surface area (Å²) >= 11 is 0. The number of aromatic nitrogens is 4. The molecular formula is C15H15N5O. The van der Waals surface area contributed by atoms with E-state index in [1.165, 1.54) is 11.9 Å². The molecule has 0 radical (unpaired) electrons. The fraction of sp³-hybridized carbons (Fsp3) is 0.267. The first-order valence-corrected chi connectivity index (χ1v) is 7.01. The van der Waals surface area contributed by atoms with E-state index in [1.807, 2.05) is 18.2 Å². The molecule has 3 aromatic rings. The lowest BCUT2D eigenvalue weighted by Crippen LogP contribution is -2.36. The molecule has 1 aliphatic heterocycles. The minimum absolute atomic E-state index is 0.0525.